The highest BCUT2D eigenvalue weighted by molar-refractivity contribution is 6.90. The summed E-state index contributed by atoms with van der Waals surface area (Å²) in [6.07, 6.45) is -2.43. The van der Waals surface area contributed by atoms with Crippen LogP contribution in [0.25, 0.3) is 32.8 Å². The molecular formula is C38H42F3N5O4Si. The lowest BCUT2D eigenvalue weighted by molar-refractivity contribution is 0.0512. The molecule has 0 spiro atoms. The van der Waals surface area contributed by atoms with Crippen LogP contribution in [0.1, 0.15) is 53.5 Å². The number of carbonyl (C=O) groups is 1. The number of amides is 1. The maximum absolute atomic E-state index is 16.9. The van der Waals surface area contributed by atoms with Crippen molar-refractivity contribution in [3.8, 4) is 34.4 Å². The number of fused-ring (bicyclic) bond motifs is 2. The number of piperazine rings is 1. The number of halogens is 3. The molecule has 4 aromatic rings. The van der Waals surface area contributed by atoms with E-state index in [2.05, 4.69) is 63.0 Å². The number of anilines is 1. The van der Waals surface area contributed by atoms with Gasteiger partial charge in [-0.3, -0.25) is 0 Å². The lowest BCUT2D eigenvalue weighted by Crippen LogP contribution is -2.55. The van der Waals surface area contributed by atoms with E-state index in [9.17, 15) is 15.2 Å². The minimum absolute atomic E-state index is 0.0196. The fourth-order valence-electron chi connectivity index (χ4n) is 7.71. The molecule has 1 saturated heterocycles. The van der Waals surface area contributed by atoms with Crippen molar-refractivity contribution in [2.45, 2.75) is 70.6 Å². The van der Waals surface area contributed by atoms with Crippen molar-refractivity contribution in [1.82, 2.24) is 14.9 Å². The maximum atomic E-state index is 16.9. The van der Waals surface area contributed by atoms with Gasteiger partial charge in [-0.1, -0.05) is 59.6 Å². The fourth-order valence-corrected chi connectivity index (χ4v) is 12.9. The second-order valence-electron chi connectivity index (χ2n) is 13.8. The molecule has 3 aromatic carbocycles. The molecule has 0 aliphatic carbocycles. The van der Waals surface area contributed by atoms with Crippen LogP contribution in [0.5, 0.6) is 5.75 Å². The molecule has 268 valence electrons. The smallest absolute Gasteiger partial charge is 0.407 e. The molecule has 1 aromatic heterocycles. The van der Waals surface area contributed by atoms with Gasteiger partial charge in [-0.05, 0) is 51.8 Å². The first-order valence-electron chi connectivity index (χ1n) is 16.9. The van der Waals surface area contributed by atoms with Gasteiger partial charge in [0.2, 0.25) is 0 Å². The van der Waals surface area contributed by atoms with Gasteiger partial charge in [0.1, 0.15) is 31.0 Å². The van der Waals surface area contributed by atoms with E-state index in [1.54, 1.807) is 29.2 Å². The van der Waals surface area contributed by atoms with Crippen LogP contribution >= 0.6 is 0 Å². The Morgan fingerprint density at radius 3 is 2.35 bits per heavy atom. The van der Waals surface area contributed by atoms with Crippen molar-refractivity contribution < 1.29 is 32.5 Å². The van der Waals surface area contributed by atoms with Gasteiger partial charge in [-0.15, -0.1) is 5.54 Å². The predicted molar refractivity (Wildman–Crippen MR) is 194 cm³/mol. The number of hydrogen-bond donors (Lipinski definition) is 1. The number of methoxy groups -OCH3 is 1. The molecule has 51 heavy (non-hydrogen) atoms. The molecular weight excluding hydrogens is 676 g/mol. The SMILES string of the molecule is COCOc1cc(-c2ccc3c(N4CCN(C(=O)O)C(CC#N)C4)nc(F)nc3c2F)c2c(C#C[Si](C(C)C)(C(C)C)C(C)C)c(F)ccc2c1. The zero-order valence-corrected chi connectivity index (χ0v) is 30.9. The van der Waals surface area contributed by atoms with E-state index in [4.69, 9.17) is 9.47 Å². The molecule has 0 radical (unpaired) electrons. The molecule has 1 N–H and O–H groups in total. The molecule has 1 fully saturated rings. The minimum Gasteiger partial charge on any atom is -0.468 e. The Hall–Kier alpha value is -4.85. The number of benzene rings is 3. The van der Waals surface area contributed by atoms with Gasteiger partial charge in [-0.2, -0.15) is 19.6 Å². The molecule has 1 aliphatic heterocycles. The first kappa shape index (κ1) is 37.4. The van der Waals surface area contributed by atoms with Gasteiger partial charge in [0.05, 0.1) is 24.1 Å². The number of nitriles is 1. The number of hydrogen-bond acceptors (Lipinski definition) is 7. The lowest BCUT2D eigenvalue weighted by Gasteiger charge is -2.39. The summed E-state index contributed by atoms with van der Waals surface area (Å²) < 4.78 is 58.9. The third kappa shape index (κ3) is 7.06. The predicted octanol–water partition coefficient (Wildman–Crippen LogP) is 8.50. The van der Waals surface area contributed by atoms with Crippen LogP contribution in [0.4, 0.5) is 23.8 Å². The van der Waals surface area contributed by atoms with Gasteiger partial charge < -0.3 is 24.4 Å². The first-order chi connectivity index (χ1) is 24.2. The van der Waals surface area contributed by atoms with Gasteiger partial charge in [0, 0.05) is 43.1 Å². The first-order valence-corrected chi connectivity index (χ1v) is 19.2. The molecule has 2 heterocycles. The second-order valence-corrected chi connectivity index (χ2v) is 19.3. The Morgan fingerprint density at radius 1 is 1.02 bits per heavy atom. The topological polar surface area (TPSA) is 112 Å². The van der Waals surface area contributed by atoms with Crippen LogP contribution in [0.2, 0.25) is 16.6 Å². The van der Waals surface area contributed by atoms with Crippen LogP contribution in [0, 0.1) is 40.5 Å². The fraction of sp³-hybridized carbons (Fsp3) is 0.421. The zero-order valence-electron chi connectivity index (χ0n) is 29.9. The quantitative estimate of drug-likeness (QED) is 0.0794. The number of carboxylic acid groups (broad SMARTS) is 1. The van der Waals surface area contributed by atoms with Crippen molar-refractivity contribution in [2.24, 2.45) is 0 Å². The average Bonchev–Trinajstić information content (AvgIpc) is 3.07. The van der Waals surface area contributed by atoms with Gasteiger partial charge in [-0.25, -0.2) is 13.6 Å². The van der Waals surface area contributed by atoms with Crippen LogP contribution in [-0.2, 0) is 4.74 Å². The van der Waals surface area contributed by atoms with Crippen molar-refractivity contribution in [3.63, 3.8) is 0 Å². The van der Waals surface area contributed by atoms with E-state index in [1.807, 2.05) is 6.07 Å². The Morgan fingerprint density at radius 2 is 1.73 bits per heavy atom. The Balaban J connectivity index is 1.75. The van der Waals surface area contributed by atoms with Crippen molar-refractivity contribution in [2.75, 3.05) is 38.4 Å². The number of rotatable bonds is 9. The summed E-state index contributed by atoms with van der Waals surface area (Å²) in [6, 6.07) is 10.6. The van der Waals surface area contributed by atoms with E-state index in [-0.39, 0.29) is 66.3 Å². The third-order valence-corrected chi connectivity index (χ3v) is 16.3. The zero-order chi connectivity index (χ0) is 37.2. The van der Waals surface area contributed by atoms with Gasteiger partial charge >= 0.3 is 12.2 Å². The summed E-state index contributed by atoms with van der Waals surface area (Å²) in [6.45, 7) is 13.1. The van der Waals surface area contributed by atoms with Crippen LogP contribution in [-0.4, -0.2) is 73.7 Å². The molecule has 0 saturated carbocycles. The molecule has 1 atom stereocenters. The molecule has 9 nitrogen and oxygen atoms in total. The second kappa shape index (κ2) is 15.2. The minimum atomic E-state index is -2.30. The highest BCUT2D eigenvalue weighted by Crippen LogP contribution is 2.43. The van der Waals surface area contributed by atoms with Crippen molar-refractivity contribution in [1.29, 1.82) is 5.26 Å². The summed E-state index contributed by atoms with van der Waals surface area (Å²) in [5, 5.41) is 20.1. The van der Waals surface area contributed by atoms with Gasteiger partial charge in [0.25, 0.3) is 0 Å². The average molecular weight is 718 g/mol. The van der Waals surface area contributed by atoms with Crippen LogP contribution < -0.4 is 9.64 Å². The summed E-state index contributed by atoms with van der Waals surface area (Å²) in [5.41, 5.74) is 4.59. The summed E-state index contributed by atoms with van der Waals surface area (Å²) in [7, 11) is -0.833. The van der Waals surface area contributed by atoms with Crippen LogP contribution in [0.3, 0.4) is 0 Å². The highest BCUT2D eigenvalue weighted by Gasteiger charge is 2.42. The largest absolute Gasteiger partial charge is 0.468 e. The molecule has 1 unspecified atom stereocenters. The summed E-state index contributed by atoms with van der Waals surface area (Å²) in [4.78, 5) is 22.4. The van der Waals surface area contributed by atoms with E-state index in [0.717, 1.165) is 4.90 Å². The van der Waals surface area contributed by atoms with E-state index >= 15 is 13.2 Å². The summed E-state index contributed by atoms with van der Waals surface area (Å²) in [5.74, 6) is 2.25. The number of nitrogens with zero attached hydrogens (tertiary/aromatic N) is 5. The normalized spacial score (nSPS) is 15.1. The molecule has 5 rings (SSSR count). The molecule has 0 bridgehead atoms. The van der Waals surface area contributed by atoms with Crippen molar-refractivity contribution >= 4 is 41.7 Å². The van der Waals surface area contributed by atoms with Gasteiger partial charge in [0.15, 0.2) is 12.6 Å². The molecule has 1 aliphatic rings. The number of aromatic nitrogens is 2. The monoisotopic (exact) mass is 717 g/mol. The molecule has 13 heteroatoms. The highest BCUT2D eigenvalue weighted by atomic mass is 28.3. The Kier molecular flexibility index (Phi) is 11.1. The standard InChI is InChI=1S/C38H42F3N5O4Si/c1-22(2)51(23(3)4,24(5)6)17-13-29-32(39)11-8-25-18-27(50-21-49-7)19-31(33(25)29)28-9-10-30-35(34(28)40)43-37(41)44-36(30)45-15-16-46(38(47)48)26(20-45)12-14-42/h8-11,18-19,22-24,26H,12,15-16,20-21H2,1-7H3,(H,47,48). The Bertz CT molecular complexity index is 2050. The van der Waals surface area contributed by atoms with E-state index < -0.39 is 37.9 Å². The maximum Gasteiger partial charge on any atom is 0.407 e. The van der Waals surface area contributed by atoms with E-state index in [1.165, 1.54) is 19.2 Å². The number of ether oxygens (including phenoxy) is 2. The third-order valence-electron chi connectivity index (χ3n) is 10.1. The lowest BCUT2D eigenvalue weighted by atomic mass is 9.93. The van der Waals surface area contributed by atoms with Crippen LogP contribution in [0.15, 0.2) is 36.4 Å². The summed E-state index contributed by atoms with van der Waals surface area (Å²) >= 11 is 0. The van der Waals surface area contributed by atoms with E-state index in [0.29, 0.717) is 33.1 Å². The molecule has 1 amide bonds. The Labute approximate surface area is 297 Å². The van der Waals surface area contributed by atoms with Crippen molar-refractivity contribution in [3.05, 3.63) is 59.7 Å².